The summed E-state index contributed by atoms with van der Waals surface area (Å²) in [4.78, 5) is 49.9. The highest BCUT2D eigenvalue weighted by molar-refractivity contribution is 6.35. The van der Waals surface area contributed by atoms with Gasteiger partial charge in [-0.05, 0) is 42.2 Å². The van der Waals surface area contributed by atoms with Crippen molar-refractivity contribution in [2.75, 3.05) is 45.9 Å². The molecule has 2 fully saturated rings. The summed E-state index contributed by atoms with van der Waals surface area (Å²) in [6.45, 7) is 4.53. The minimum absolute atomic E-state index is 0.0227. The molecular formula is C32H33ClN6O4. The van der Waals surface area contributed by atoms with Crippen molar-refractivity contribution < 1.29 is 19.2 Å². The van der Waals surface area contributed by atoms with Gasteiger partial charge in [-0.2, -0.15) is 0 Å². The van der Waals surface area contributed by atoms with Crippen molar-refractivity contribution in [2.24, 2.45) is 5.92 Å². The van der Waals surface area contributed by atoms with Gasteiger partial charge in [0.25, 0.3) is 11.8 Å². The minimum atomic E-state index is -0.347. The smallest absolute Gasteiger partial charge is 0.276 e. The number of halogens is 1. The Bertz CT molecular complexity index is 1550. The summed E-state index contributed by atoms with van der Waals surface area (Å²) in [7, 11) is 0. The third-order valence-electron chi connectivity index (χ3n) is 8.20. The molecule has 2 aromatic heterocycles. The van der Waals surface area contributed by atoms with Crippen LogP contribution in [-0.2, 0) is 9.57 Å². The topological polar surface area (TPSA) is 110 Å². The second-order valence-electron chi connectivity index (χ2n) is 10.8. The average Bonchev–Trinajstić information content (AvgIpc) is 3.07. The standard InChI is InChI=1S/C32H33ClN6O4/c33-27-17-24(18-28-30(27)36-11-10-35-28)32(41)39-12-8-25(26(20-39)22-5-2-1-3-6-22)29(21-38-13-15-42-16-14-38)43-37-31(40)23-7-4-9-34-19-23/h1-7,9-11,17-19,25-26,29H,8,12-16,20-21H2,(H,37,40)/t25-,26-,29?/m1/s1. The van der Waals surface area contributed by atoms with Crippen LogP contribution in [0.4, 0.5) is 0 Å². The molecule has 0 spiro atoms. The molecule has 6 rings (SSSR count). The van der Waals surface area contributed by atoms with Gasteiger partial charge in [0.15, 0.2) is 0 Å². The lowest BCUT2D eigenvalue weighted by molar-refractivity contribution is -0.0827. The van der Waals surface area contributed by atoms with Gasteiger partial charge < -0.3 is 9.64 Å². The summed E-state index contributed by atoms with van der Waals surface area (Å²) in [5.41, 5.74) is 5.86. The van der Waals surface area contributed by atoms with Crippen molar-refractivity contribution in [3.8, 4) is 0 Å². The van der Waals surface area contributed by atoms with Crippen molar-refractivity contribution in [2.45, 2.75) is 18.4 Å². The molecule has 1 unspecified atom stereocenters. The van der Waals surface area contributed by atoms with Crippen LogP contribution < -0.4 is 5.48 Å². The Morgan fingerprint density at radius 2 is 1.81 bits per heavy atom. The first-order chi connectivity index (χ1) is 21.1. The zero-order valence-corrected chi connectivity index (χ0v) is 24.4. The number of nitrogens with one attached hydrogen (secondary N) is 1. The van der Waals surface area contributed by atoms with E-state index < -0.39 is 0 Å². The molecule has 10 nitrogen and oxygen atoms in total. The number of fused-ring (bicyclic) bond motifs is 1. The molecule has 2 amide bonds. The summed E-state index contributed by atoms with van der Waals surface area (Å²) in [6.07, 6.45) is 6.66. The van der Waals surface area contributed by atoms with Crippen molar-refractivity contribution in [3.63, 3.8) is 0 Å². The van der Waals surface area contributed by atoms with Crippen molar-refractivity contribution in [1.29, 1.82) is 0 Å². The summed E-state index contributed by atoms with van der Waals surface area (Å²) >= 11 is 6.49. The molecule has 0 aliphatic carbocycles. The van der Waals surface area contributed by atoms with E-state index in [4.69, 9.17) is 21.2 Å². The monoisotopic (exact) mass is 600 g/mol. The number of piperidine rings is 1. The van der Waals surface area contributed by atoms with E-state index in [-0.39, 0.29) is 29.8 Å². The van der Waals surface area contributed by atoms with Gasteiger partial charge in [0.05, 0.1) is 29.3 Å². The number of benzene rings is 2. The maximum absolute atomic E-state index is 13.8. The Labute approximate surface area is 254 Å². The first-order valence-corrected chi connectivity index (χ1v) is 14.8. The predicted molar refractivity (Wildman–Crippen MR) is 162 cm³/mol. The highest BCUT2D eigenvalue weighted by Gasteiger charge is 2.39. The van der Waals surface area contributed by atoms with Crippen molar-refractivity contribution in [1.82, 2.24) is 30.2 Å². The molecule has 0 bridgehead atoms. The first kappa shape index (κ1) is 29.1. The van der Waals surface area contributed by atoms with Gasteiger partial charge in [-0.25, -0.2) is 5.48 Å². The lowest BCUT2D eigenvalue weighted by Crippen LogP contribution is -2.52. The Morgan fingerprint density at radius 3 is 2.60 bits per heavy atom. The van der Waals surface area contributed by atoms with Crippen LogP contribution in [0.5, 0.6) is 0 Å². The number of hydrogen-bond donors (Lipinski definition) is 1. The lowest BCUT2D eigenvalue weighted by Gasteiger charge is -2.43. The van der Waals surface area contributed by atoms with Crippen LogP contribution in [0.3, 0.4) is 0 Å². The Hall–Kier alpha value is -3.96. The van der Waals surface area contributed by atoms with Gasteiger partial charge in [-0.3, -0.25) is 34.3 Å². The van der Waals surface area contributed by atoms with Gasteiger partial charge in [0.1, 0.15) is 11.6 Å². The molecule has 3 atom stereocenters. The molecule has 2 aromatic carbocycles. The fourth-order valence-electron chi connectivity index (χ4n) is 5.97. The fourth-order valence-corrected chi connectivity index (χ4v) is 6.24. The number of nitrogens with zero attached hydrogens (tertiary/aromatic N) is 5. The number of amides is 2. The highest BCUT2D eigenvalue weighted by atomic mass is 35.5. The van der Waals surface area contributed by atoms with E-state index in [1.54, 1.807) is 42.9 Å². The number of likely N-dealkylation sites (tertiary alicyclic amines) is 1. The Morgan fingerprint density at radius 1 is 1.00 bits per heavy atom. The number of morpholine rings is 1. The van der Waals surface area contributed by atoms with Gasteiger partial charge >= 0.3 is 0 Å². The molecule has 1 N–H and O–H groups in total. The zero-order chi connectivity index (χ0) is 29.6. The predicted octanol–water partition coefficient (Wildman–Crippen LogP) is 3.99. The van der Waals surface area contributed by atoms with Crippen LogP contribution in [0.1, 0.15) is 38.6 Å². The molecule has 222 valence electrons. The van der Waals surface area contributed by atoms with Crippen LogP contribution in [0.2, 0.25) is 5.02 Å². The zero-order valence-electron chi connectivity index (χ0n) is 23.6. The number of ether oxygens (including phenoxy) is 1. The second kappa shape index (κ2) is 13.6. The molecule has 2 saturated heterocycles. The van der Waals surface area contributed by atoms with Gasteiger partial charge in [-0.1, -0.05) is 41.9 Å². The number of rotatable bonds is 8. The van der Waals surface area contributed by atoms with Crippen LogP contribution in [0.25, 0.3) is 11.0 Å². The fraction of sp³-hybridized carbons (Fsp3) is 0.344. The maximum Gasteiger partial charge on any atom is 0.276 e. The summed E-state index contributed by atoms with van der Waals surface area (Å²) in [5, 5.41) is 0.395. The normalized spacial score (nSPS) is 20.1. The van der Waals surface area contributed by atoms with E-state index in [1.807, 2.05) is 23.1 Å². The van der Waals surface area contributed by atoms with Crippen LogP contribution >= 0.6 is 11.6 Å². The third kappa shape index (κ3) is 6.83. The number of carbonyl (C=O) groups is 2. The first-order valence-electron chi connectivity index (χ1n) is 14.5. The molecular weight excluding hydrogens is 568 g/mol. The average molecular weight is 601 g/mol. The van der Waals surface area contributed by atoms with Crippen LogP contribution in [0, 0.1) is 5.92 Å². The molecule has 11 heteroatoms. The van der Waals surface area contributed by atoms with Crippen LogP contribution in [-0.4, -0.2) is 88.6 Å². The van der Waals surface area contributed by atoms with E-state index in [0.29, 0.717) is 66.5 Å². The van der Waals surface area contributed by atoms with Crippen molar-refractivity contribution in [3.05, 3.63) is 101 Å². The maximum atomic E-state index is 13.8. The summed E-state index contributed by atoms with van der Waals surface area (Å²) in [5.74, 6) is -0.463. The Balaban J connectivity index is 1.26. The summed E-state index contributed by atoms with van der Waals surface area (Å²) < 4.78 is 5.57. The number of aromatic nitrogens is 3. The van der Waals surface area contributed by atoms with E-state index in [1.165, 1.54) is 6.20 Å². The quantitative estimate of drug-likeness (QED) is 0.303. The number of hydroxylamine groups is 1. The molecule has 43 heavy (non-hydrogen) atoms. The molecule has 0 saturated carbocycles. The van der Waals surface area contributed by atoms with Gasteiger partial charge in [-0.15, -0.1) is 0 Å². The second-order valence-corrected chi connectivity index (χ2v) is 11.3. The van der Waals surface area contributed by atoms with E-state index in [2.05, 4.69) is 37.5 Å². The molecule has 2 aliphatic rings. The van der Waals surface area contributed by atoms with E-state index in [9.17, 15) is 9.59 Å². The third-order valence-corrected chi connectivity index (χ3v) is 8.49. The van der Waals surface area contributed by atoms with E-state index in [0.717, 1.165) is 18.7 Å². The van der Waals surface area contributed by atoms with Gasteiger partial charge in [0.2, 0.25) is 0 Å². The molecule has 0 radical (unpaired) electrons. The number of carbonyl (C=O) groups excluding carboxylic acids is 2. The van der Waals surface area contributed by atoms with Gasteiger partial charge in [0, 0.05) is 69.0 Å². The number of pyridine rings is 1. The van der Waals surface area contributed by atoms with Crippen molar-refractivity contribution >= 4 is 34.4 Å². The number of hydrogen-bond acceptors (Lipinski definition) is 8. The van der Waals surface area contributed by atoms with Crippen LogP contribution in [0.15, 0.2) is 79.4 Å². The molecule has 2 aliphatic heterocycles. The lowest BCUT2D eigenvalue weighted by atomic mass is 9.77. The summed E-state index contributed by atoms with van der Waals surface area (Å²) in [6, 6.07) is 17.0. The largest absolute Gasteiger partial charge is 0.379 e. The van der Waals surface area contributed by atoms with E-state index >= 15 is 0 Å². The SMILES string of the molecule is O=C(NOC(CN1CCOCC1)[C@@H]1CCN(C(=O)c2cc(Cl)c3nccnc3c2)C[C@@H]1c1ccccc1)c1cccnc1. The molecule has 4 aromatic rings. The molecule has 4 heterocycles. The highest BCUT2D eigenvalue weighted by Crippen LogP contribution is 2.37. The Kier molecular flexibility index (Phi) is 9.18. The minimum Gasteiger partial charge on any atom is -0.379 e.